The van der Waals surface area contributed by atoms with E-state index in [9.17, 15) is 4.79 Å². The van der Waals surface area contributed by atoms with E-state index in [4.69, 9.17) is 9.47 Å². The second kappa shape index (κ2) is 7.01. The highest BCUT2D eigenvalue weighted by Crippen LogP contribution is 2.49. The van der Waals surface area contributed by atoms with Crippen molar-refractivity contribution in [3.63, 3.8) is 0 Å². The van der Waals surface area contributed by atoms with E-state index >= 15 is 0 Å². The zero-order valence-corrected chi connectivity index (χ0v) is 16.9. The van der Waals surface area contributed by atoms with E-state index in [2.05, 4.69) is 33.4 Å². The maximum atomic E-state index is 12.2. The maximum Gasteiger partial charge on any atom is 0.332 e. The lowest BCUT2D eigenvalue weighted by Crippen LogP contribution is -2.57. The smallest absolute Gasteiger partial charge is 0.332 e. The first-order chi connectivity index (χ1) is 11.7. The Morgan fingerprint density at radius 2 is 1.88 bits per heavy atom. The van der Waals surface area contributed by atoms with Crippen molar-refractivity contribution in [2.45, 2.75) is 57.7 Å². The first-order valence-electron chi connectivity index (χ1n) is 9.05. The Labute approximate surface area is 158 Å². The summed E-state index contributed by atoms with van der Waals surface area (Å²) in [5, 5.41) is 3.40. The lowest BCUT2D eigenvalue weighted by Gasteiger charge is -2.51. The molecule has 1 aromatic rings. The highest BCUT2D eigenvalue weighted by atomic mass is 79.9. The molecule has 0 bridgehead atoms. The van der Waals surface area contributed by atoms with Crippen molar-refractivity contribution < 1.29 is 14.3 Å². The molecule has 1 spiro atoms. The first kappa shape index (κ1) is 18.9. The summed E-state index contributed by atoms with van der Waals surface area (Å²) >= 11 is 3.56. The standard InChI is InChI=1S/C20H28BrNO3/c1-18(2,3)25-17(23)12-24-20(15-5-4-6-16(21)11-15)9-7-19(8-10-20)13-22-14-19/h4-6,11,22H,7-10,12-14H2,1-3H3. The van der Waals surface area contributed by atoms with Gasteiger partial charge >= 0.3 is 5.97 Å². The minimum Gasteiger partial charge on any atom is -0.458 e. The summed E-state index contributed by atoms with van der Waals surface area (Å²) in [6.45, 7) is 7.84. The molecule has 138 valence electrons. The fourth-order valence-electron chi connectivity index (χ4n) is 3.87. The van der Waals surface area contributed by atoms with Gasteiger partial charge in [0.05, 0.1) is 5.60 Å². The van der Waals surface area contributed by atoms with Crippen molar-refractivity contribution in [1.29, 1.82) is 0 Å². The molecule has 0 unspecified atom stereocenters. The topological polar surface area (TPSA) is 47.6 Å². The number of halogens is 1. The van der Waals surface area contributed by atoms with Crippen molar-refractivity contribution in [2.24, 2.45) is 5.41 Å². The third-order valence-electron chi connectivity index (χ3n) is 5.36. The van der Waals surface area contributed by atoms with Gasteiger partial charge in [0.2, 0.25) is 0 Å². The molecule has 25 heavy (non-hydrogen) atoms. The third kappa shape index (κ3) is 4.44. The molecule has 1 heterocycles. The zero-order valence-electron chi connectivity index (χ0n) is 15.4. The monoisotopic (exact) mass is 409 g/mol. The van der Waals surface area contributed by atoms with Crippen LogP contribution >= 0.6 is 15.9 Å². The highest BCUT2D eigenvalue weighted by molar-refractivity contribution is 9.10. The van der Waals surface area contributed by atoms with Crippen LogP contribution in [0.4, 0.5) is 0 Å². The Kier molecular flexibility index (Phi) is 5.29. The Hall–Kier alpha value is -0.910. The second-order valence-electron chi connectivity index (χ2n) is 8.48. The van der Waals surface area contributed by atoms with Gasteiger partial charge in [-0.1, -0.05) is 28.1 Å². The molecule has 2 fully saturated rings. The summed E-state index contributed by atoms with van der Waals surface area (Å²) in [7, 11) is 0. The van der Waals surface area contributed by atoms with Crippen LogP contribution in [0.25, 0.3) is 0 Å². The van der Waals surface area contributed by atoms with E-state index in [1.54, 1.807) is 0 Å². The fraction of sp³-hybridized carbons (Fsp3) is 0.650. The number of ether oxygens (including phenoxy) is 2. The largest absolute Gasteiger partial charge is 0.458 e. The van der Waals surface area contributed by atoms with E-state index in [0.717, 1.165) is 48.8 Å². The predicted octanol–water partition coefficient (Wildman–Crippen LogP) is 4.17. The minimum absolute atomic E-state index is 0.00493. The van der Waals surface area contributed by atoms with Gasteiger partial charge in [-0.25, -0.2) is 4.79 Å². The van der Waals surface area contributed by atoms with Crippen LogP contribution in [-0.2, 0) is 19.9 Å². The number of carbonyl (C=O) groups excluding carboxylic acids is 1. The molecule has 1 aliphatic carbocycles. The third-order valence-corrected chi connectivity index (χ3v) is 5.85. The van der Waals surface area contributed by atoms with E-state index in [1.807, 2.05) is 32.9 Å². The summed E-state index contributed by atoms with van der Waals surface area (Å²) in [5.74, 6) is -0.299. The Balaban J connectivity index is 1.74. The van der Waals surface area contributed by atoms with E-state index in [1.165, 1.54) is 0 Å². The molecule has 1 N–H and O–H groups in total. The van der Waals surface area contributed by atoms with Gasteiger partial charge in [-0.05, 0) is 69.6 Å². The number of hydrogen-bond donors (Lipinski definition) is 1. The number of esters is 1. The molecule has 3 rings (SSSR count). The molecule has 5 heteroatoms. The van der Waals surface area contributed by atoms with Gasteiger partial charge in [0.15, 0.2) is 0 Å². The van der Waals surface area contributed by atoms with Crippen LogP contribution in [0.1, 0.15) is 52.0 Å². The molecule has 0 atom stereocenters. The van der Waals surface area contributed by atoms with Crippen LogP contribution in [0.5, 0.6) is 0 Å². The molecule has 4 nitrogen and oxygen atoms in total. The van der Waals surface area contributed by atoms with Gasteiger partial charge in [0.1, 0.15) is 12.2 Å². The van der Waals surface area contributed by atoms with Gasteiger partial charge in [0.25, 0.3) is 0 Å². The molecule has 0 amide bonds. The maximum absolute atomic E-state index is 12.2. The number of hydrogen-bond acceptors (Lipinski definition) is 4. The average molecular weight is 410 g/mol. The van der Waals surface area contributed by atoms with Crippen LogP contribution in [-0.4, -0.2) is 31.3 Å². The highest BCUT2D eigenvalue weighted by Gasteiger charge is 2.47. The van der Waals surface area contributed by atoms with Gasteiger partial charge in [0, 0.05) is 17.6 Å². The van der Waals surface area contributed by atoms with E-state index in [-0.39, 0.29) is 12.6 Å². The van der Waals surface area contributed by atoms with Crippen molar-refractivity contribution in [3.8, 4) is 0 Å². The van der Waals surface area contributed by atoms with Gasteiger partial charge < -0.3 is 14.8 Å². The molecule has 1 saturated heterocycles. The quantitative estimate of drug-likeness (QED) is 0.758. The SMILES string of the molecule is CC(C)(C)OC(=O)COC1(c2cccc(Br)c2)CCC2(CC1)CNC2. The van der Waals surface area contributed by atoms with Crippen LogP contribution in [0.15, 0.2) is 28.7 Å². The number of rotatable bonds is 4. The number of benzene rings is 1. The fourth-order valence-corrected chi connectivity index (χ4v) is 4.27. The van der Waals surface area contributed by atoms with Crippen LogP contribution < -0.4 is 5.32 Å². The number of carbonyl (C=O) groups is 1. The van der Waals surface area contributed by atoms with Crippen molar-refractivity contribution >= 4 is 21.9 Å². The Morgan fingerprint density at radius 1 is 1.20 bits per heavy atom. The first-order valence-corrected chi connectivity index (χ1v) is 9.84. The van der Waals surface area contributed by atoms with Crippen molar-refractivity contribution in [1.82, 2.24) is 5.32 Å². The molecule has 1 aromatic carbocycles. The molecule has 1 saturated carbocycles. The average Bonchev–Trinajstić information content (AvgIpc) is 2.50. The minimum atomic E-state index is -0.488. The Bertz CT molecular complexity index is 624. The normalized spacial score (nSPS) is 21.6. The van der Waals surface area contributed by atoms with Crippen molar-refractivity contribution in [2.75, 3.05) is 19.7 Å². The molecule has 2 aliphatic rings. The summed E-state index contributed by atoms with van der Waals surface area (Å²) in [4.78, 5) is 12.2. The van der Waals surface area contributed by atoms with Crippen LogP contribution in [0.2, 0.25) is 0 Å². The van der Waals surface area contributed by atoms with E-state index < -0.39 is 11.2 Å². The molecule has 1 aliphatic heterocycles. The lowest BCUT2D eigenvalue weighted by molar-refractivity contribution is -0.173. The summed E-state index contributed by atoms with van der Waals surface area (Å²) in [6, 6.07) is 8.28. The number of nitrogens with one attached hydrogen (secondary N) is 1. The summed E-state index contributed by atoms with van der Waals surface area (Å²) in [6.07, 6.45) is 4.13. The molecule has 0 aromatic heterocycles. The molecular formula is C20H28BrNO3. The van der Waals surface area contributed by atoms with Gasteiger partial charge in [-0.15, -0.1) is 0 Å². The predicted molar refractivity (Wildman–Crippen MR) is 101 cm³/mol. The Morgan fingerprint density at radius 3 is 2.40 bits per heavy atom. The lowest BCUT2D eigenvalue weighted by atomic mass is 9.64. The van der Waals surface area contributed by atoms with Gasteiger partial charge in [-0.2, -0.15) is 0 Å². The molecule has 0 radical (unpaired) electrons. The van der Waals surface area contributed by atoms with Crippen molar-refractivity contribution in [3.05, 3.63) is 34.3 Å². The molecular weight excluding hydrogens is 382 g/mol. The summed E-state index contributed by atoms with van der Waals surface area (Å²) in [5.41, 5.74) is 0.691. The summed E-state index contributed by atoms with van der Waals surface area (Å²) < 4.78 is 12.7. The zero-order chi connectivity index (χ0) is 18.1. The van der Waals surface area contributed by atoms with Gasteiger partial charge in [-0.3, -0.25) is 0 Å². The van der Waals surface area contributed by atoms with Crippen LogP contribution in [0, 0.1) is 5.41 Å². The second-order valence-corrected chi connectivity index (χ2v) is 9.40. The van der Waals surface area contributed by atoms with Crippen LogP contribution in [0.3, 0.4) is 0 Å². The van der Waals surface area contributed by atoms with E-state index in [0.29, 0.717) is 5.41 Å².